The highest BCUT2D eigenvalue weighted by atomic mass is 16.5. The van der Waals surface area contributed by atoms with Crippen molar-refractivity contribution < 1.29 is 9.47 Å². The molecule has 0 aliphatic carbocycles. The lowest BCUT2D eigenvalue weighted by atomic mass is 9.81. The summed E-state index contributed by atoms with van der Waals surface area (Å²) in [7, 11) is 0. The van der Waals surface area contributed by atoms with Crippen LogP contribution in [0.25, 0.3) is 0 Å². The fourth-order valence-electron chi connectivity index (χ4n) is 4.11. The molecule has 1 saturated heterocycles. The predicted molar refractivity (Wildman–Crippen MR) is 105 cm³/mol. The molecule has 7 nitrogen and oxygen atoms in total. The molecule has 1 aromatic heterocycles. The van der Waals surface area contributed by atoms with Gasteiger partial charge in [-0.1, -0.05) is 12.1 Å². The average molecular weight is 379 g/mol. The van der Waals surface area contributed by atoms with Crippen molar-refractivity contribution in [3.63, 3.8) is 0 Å². The van der Waals surface area contributed by atoms with Gasteiger partial charge in [0, 0.05) is 30.9 Å². The number of nitrogens with one attached hydrogen (secondary N) is 1. The van der Waals surface area contributed by atoms with Gasteiger partial charge in [0.1, 0.15) is 11.6 Å². The molecule has 2 aliphatic heterocycles. The van der Waals surface area contributed by atoms with Gasteiger partial charge in [-0.2, -0.15) is 5.26 Å². The summed E-state index contributed by atoms with van der Waals surface area (Å²) in [5.74, 6) is 0.298. The summed E-state index contributed by atoms with van der Waals surface area (Å²) in [6.07, 6.45) is 0. The van der Waals surface area contributed by atoms with Gasteiger partial charge < -0.3 is 15.2 Å². The first-order valence-electron chi connectivity index (χ1n) is 9.52. The fourth-order valence-corrected chi connectivity index (χ4v) is 4.11. The fraction of sp³-hybridized carbons (Fsp3) is 0.429. The molecular formula is C21H25N5O2. The number of allylic oxidation sites excluding steroid dienone is 1. The highest BCUT2D eigenvalue weighted by molar-refractivity contribution is 5.57. The Hall–Kier alpha value is -2.82. The van der Waals surface area contributed by atoms with Crippen molar-refractivity contribution in [2.45, 2.75) is 33.2 Å². The van der Waals surface area contributed by atoms with E-state index in [1.54, 1.807) is 0 Å². The summed E-state index contributed by atoms with van der Waals surface area (Å²) in [5, 5.41) is 17.0. The normalized spacial score (nSPS) is 19.9. The maximum Gasteiger partial charge on any atom is 0.244 e. The lowest BCUT2D eigenvalue weighted by Gasteiger charge is -2.29. The molecule has 2 aromatic rings. The minimum absolute atomic E-state index is 0.126. The minimum atomic E-state index is -0.281. The van der Waals surface area contributed by atoms with Crippen molar-refractivity contribution in [2.75, 3.05) is 26.3 Å². The number of nitriles is 1. The quantitative estimate of drug-likeness (QED) is 0.849. The summed E-state index contributed by atoms with van der Waals surface area (Å²) in [6, 6.07) is 6.68. The van der Waals surface area contributed by atoms with Crippen LogP contribution >= 0.6 is 0 Å². The van der Waals surface area contributed by atoms with Gasteiger partial charge in [-0.3, -0.25) is 10.00 Å². The smallest absolute Gasteiger partial charge is 0.244 e. The van der Waals surface area contributed by atoms with E-state index in [2.05, 4.69) is 47.1 Å². The van der Waals surface area contributed by atoms with Crippen molar-refractivity contribution in [1.82, 2.24) is 15.1 Å². The number of benzene rings is 1. The first-order valence-corrected chi connectivity index (χ1v) is 9.52. The summed E-state index contributed by atoms with van der Waals surface area (Å²) >= 11 is 0. The van der Waals surface area contributed by atoms with Crippen molar-refractivity contribution in [3.8, 4) is 11.9 Å². The second-order valence-corrected chi connectivity index (χ2v) is 7.52. The predicted octanol–water partition coefficient (Wildman–Crippen LogP) is 2.39. The number of hydrogen-bond acceptors (Lipinski definition) is 6. The molecule has 4 rings (SSSR count). The van der Waals surface area contributed by atoms with E-state index in [-0.39, 0.29) is 11.8 Å². The summed E-state index contributed by atoms with van der Waals surface area (Å²) in [5.41, 5.74) is 13.0. The Labute approximate surface area is 164 Å². The van der Waals surface area contributed by atoms with E-state index in [4.69, 9.17) is 15.2 Å². The van der Waals surface area contributed by atoms with Gasteiger partial charge in [0.2, 0.25) is 11.8 Å². The zero-order valence-electron chi connectivity index (χ0n) is 16.5. The molecule has 0 amide bonds. The number of H-pyrrole nitrogens is 1. The number of nitrogens with zero attached hydrogens (tertiary/aromatic N) is 3. The maximum absolute atomic E-state index is 9.80. The Morgan fingerprint density at radius 1 is 1.25 bits per heavy atom. The van der Waals surface area contributed by atoms with Crippen molar-refractivity contribution >= 4 is 0 Å². The molecule has 3 heterocycles. The molecule has 1 aromatic carbocycles. The SMILES string of the molecule is Cc1cc(C)c([C@@H]2C(C#N)=C(N)Oc3n[nH]c(C)c32)cc1CN1CCOCC1. The first kappa shape index (κ1) is 18.5. The first-order chi connectivity index (χ1) is 13.5. The number of aromatic nitrogens is 2. The zero-order chi connectivity index (χ0) is 19.8. The second kappa shape index (κ2) is 7.30. The minimum Gasteiger partial charge on any atom is -0.420 e. The van der Waals surface area contributed by atoms with Gasteiger partial charge >= 0.3 is 0 Å². The van der Waals surface area contributed by atoms with Crippen LogP contribution in [0.2, 0.25) is 0 Å². The van der Waals surface area contributed by atoms with Crippen LogP contribution in [0.15, 0.2) is 23.6 Å². The lowest BCUT2D eigenvalue weighted by Crippen LogP contribution is -2.35. The maximum atomic E-state index is 9.80. The summed E-state index contributed by atoms with van der Waals surface area (Å²) < 4.78 is 11.1. The van der Waals surface area contributed by atoms with E-state index < -0.39 is 0 Å². The number of ether oxygens (including phenoxy) is 2. The molecule has 0 radical (unpaired) electrons. The van der Waals surface area contributed by atoms with Gasteiger partial charge in [-0.25, -0.2) is 0 Å². The van der Waals surface area contributed by atoms with Gasteiger partial charge in [0.15, 0.2) is 0 Å². The molecule has 1 fully saturated rings. The van der Waals surface area contributed by atoms with Crippen LogP contribution in [0, 0.1) is 32.1 Å². The highest BCUT2D eigenvalue weighted by Crippen LogP contribution is 2.44. The Morgan fingerprint density at radius 3 is 2.71 bits per heavy atom. The molecule has 0 unspecified atom stereocenters. The van der Waals surface area contributed by atoms with Crippen LogP contribution in [-0.2, 0) is 11.3 Å². The van der Waals surface area contributed by atoms with Gasteiger partial charge in [-0.05, 0) is 43.0 Å². The Balaban J connectivity index is 1.80. The number of nitrogens with two attached hydrogens (primary N) is 1. The van der Waals surface area contributed by atoms with E-state index >= 15 is 0 Å². The molecule has 3 N–H and O–H groups in total. The molecule has 146 valence electrons. The molecule has 0 bridgehead atoms. The Bertz CT molecular complexity index is 979. The van der Waals surface area contributed by atoms with Gasteiger partial charge in [0.05, 0.1) is 19.1 Å². The molecule has 0 spiro atoms. The Kier molecular flexibility index (Phi) is 4.84. The largest absolute Gasteiger partial charge is 0.420 e. The number of fused-ring (bicyclic) bond motifs is 1. The average Bonchev–Trinajstić information content (AvgIpc) is 3.04. The molecule has 1 atom stereocenters. The van der Waals surface area contributed by atoms with Crippen molar-refractivity contribution in [1.29, 1.82) is 5.26 Å². The molecular weight excluding hydrogens is 354 g/mol. The van der Waals surface area contributed by atoms with Crippen LogP contribution in [-0.4, -0.2) is 41.4 Å². The number of aromatic amines is 1. The number of rotatable bonds is 3. The number of morpholine rings is 1. The van der Waals surface area contributed by atoms with E-state index in [9.17, 15) is 5.26 Å². The second-order valence-electron chi connectivity index (χ2n) is 7.52. The van der Waals surface area contributed by atoms with Crippen molar-refractivity contribution in [3.05, 3.63) is 57.1 Å². The van der Waals surface area contributed by atoms with Crippen LogP contribution in [0.5, 0.6) is 5.88 Å². The van der Waals surface area contributed by atoms with E-state index in [0.717, 1.165) is 55.2 Å². The molecule has 7 heteroatoms. The zero-order valence-corrected chi connectivity index (χ0v) is 16.5. The van der Waals surface area contributed by atoms with Crippen LogP contribution < -0.4 is 10.5 Å². The molecule has 0 saturated carbocycles. The molecule has 28 heavy (non-hydrogen) atoms. The summed E-state index contributed by atoms with van der Waals surface area (Å²) in [6.45, 7) is 10.4. The third-order valence-corrected chi connectivity index (χ3v) is 5.66. The molecule has 2 aliphatic rings. The van der Waals surface area contributed by atoms with E-state index in [1.807, 2.05) is 6.92 Å². The highest BCUT2D eigenvalue weighted by Gasteiger charge is 2.35. The summed E-state index contributed by atoms with van der Waals surface area (Å²) in [4.78, 5) is 2.40. The van der Waals surface area contributed by atoms with Crippen LogP contribution in [0.4, 0.5) is 0 Å². The van der Waals surface area contributed by atoms with Gasteiger partial charge in [-0.15, -0.1) is 5.10 Å². The topological polar surface area (TPSA) is 100 Å². The number of hydrogen-bond donors (Lipinski definition) is 2. The van der Waals surface area contributed by atoms with Crippen LogP contribution in [0.3, 0.4) is 0 Å². The van der Waals surface area contributed by atoms with Crippen LogP contribution in [0.1, 0.15) is 39.4 Å². The van der Waals surface area contributed by atoms with Gasteiger partial charge in [0.25, 0.3) is 0 Å². The standard InChI is InChI=1S/C21H25N5O2/c1-12-8-13(2)16(9-15(12)11-26-4-6-27-7-5-26)19-17(10-22)20(23)28-21-18(19)14(3)24-25-21/h8-9,19H,4-7,11,23H2,1-3H3,(H,24,25)/t19-/m1/s1. The third-order valence-electron chi connectivity index (χ3n) is 5.66. The van der Waals surface area contributed by atoms with E-state index in [0.29, 0.717) is 11.5 Å². The van der Waals surface area contributed by atoms with Crippen molar-refractivity contribution in [2.24, 2.45) is 5.73 Å². The Morgan fingerprint density at radius 2 is 2.00 bits per heavy atom. The number of aryl methyl sites for hydroxylation is 3. The third kappa shape index (κ3) is 3.15. The van der Waals surface area contributed by atoms with E-state index in [1.165, 1.54) is 11.1 Å². The lowest BCUT2D eigenvalue weighted by molar-refractivity contribution is 0.0341. The monoisotopic (exact) mass is 379 g/mol.